The van der Waals surface area contributed by atoms with Crippen molar-refractivity contribution in [3.63, 3.8) is 0 Å². The number of aryl methyl sites for hydroxylation is 1. The van der Waals surface area contributed by atoms with E-state index in [2.05, 4.69) is 10.2 Å². The maximum Gasteiger partial charge on any atom is 0.277 e. The largest absolute Gasteiger partial charge is 0.497 e. The Morgan fingerprint density at radius 1 is 1.04 bits per heavy atom. The molecule has 6 nitrogen and oxygen atoms in total. The number of aromatic nitrogens is 2. The third-order valence-electron chi connectivity index (χ3n) is 3.99. The Labute approximate surface area is 161 Å². The fourth-order valence-corrected chi connectivity index (χ4v) is 3.22. The number of ether oxygens (including phenoxy) is 2. The molecule has 0 aliphatic carbocycles. The molecule has 0 bridgehead atoms. The molecule has 1 atom stereocenters. The molecule has 0 saturated carbocycles. The van der Waals surface area contributed by atoms with Gasteiger partial charge in [0.05, 0.1) is 19.5 Å². The predicted octanol–water partition coefficient (Wildman–Crippen LogP) is 4.43. The second kappa shape index (κ2) is 8.26. The van der Waals surface area contributed by atoms with Crippen LogP contribution in [0.4, 0.5) is 0 Å². The lowest BCUT2D eigenvalue weighted by atomic mass is 10.1. The van der Waals surface area contributed by atoms with Crippen molar-refractivity contribution in [3.8, 4) is 23.0 Å². The molecule has 2 aromatic carbocycles. The highest BCUT2D eigenvalue weighted by molar-refractivity contribution is 8.00. The van der Waals surface area contributed by atoms with Gasteiger partial charge in [0.25, 0.3) is 5.22 Å². The van der Waals surface area contributed by atoms with E-state index in [1.54, 1.807) is 32.4 Å². The van der Waals surface area contributed by atoms with Crippen LogP contribution < -0.4 is 9.47 Å². The molecule has 140 valence electrons. The number of thioether (sulfide) groups is 1. The van der Waals surface area contributed by atoms with Crippen molar-refractivity contribution in [1.29, 1.82) is 0 Å². The molecule has 0 amide bonds. The molecule has 0 saturated heterocycles. The monoisotopic (exact) mass is 384 g/mol. The Bertz CT molecular complexity index is 915. The average molecular weight is 384 g/mol. The minimum atomic E-state index is -0.346. The topological polar surface area (TPSA) is 74.5 Å². The van der Waals surface area contributed by atoms with Crippen molar-refractivity contribution in [2.24, 2.45) is 0 Å². The summed E-state index contributed by atoms with van der Waals surface area (Å²) in [6, 6.07) is 12.8. The Hall–Kier alpha value is -2.80. The van der Waals surface area contributed by atoms with E-state index in [-0.39, 0.29) is 11.0 Å². The molecule has 1 unspecified atom stereocenters. The van der Waals surface area contributed by atoms with Crippen LogP contribution in [0, 0.1) is 6.92 Å². The first-order valence-corrected chi connectivity index (χ1v) is 9.22. The number of benzene rings is 2. The first-order valence-electron chi connectivity index (χ1n) is 8.34. The lowest BCUT2D eigenvalue weighted by molar-refractivity contribution is 0.0993. The third-order valence-corrected chi connectivity index (χ3v) is 4.92. The molecule has 0 aliphatic heterocycles. The van der Waals surface area contributed by atoms with Crippen LogP contribution >= 0.6 is 11.8 Å². The second-order valence-corrected chi connectivity index (χ2v) is 7.26. The zero-order valence-electron chi connectivity index (χ0n) is 15.6. The highest BCUT2D eigenvalue weighted by atomic mass is 32.2. The van der Waals surface area contributed by atoms with Crippen LogP contribution in [0.3, 0.4) is 0 Å². The summed E-state index contributed by atoms with van der Waals surface area (Å²) in [6.07, 6.45) is 0. The molecule has 3 rings (SSSR count). The van der Waals surface area contributed by atoms with Crippen molar-refractivity contribution in [2.75, 3.05) is 14.2 Å². The van der Waals surface area contributed by atoms with Crippen molar-refractivity contribution in [1.82, 2.24) is 10.2 Å². The van der Waals surface area contributed by atoms with Crippen LogP contribution in [0.15, 0.2) is 52.1 Å². The summed E-state index contributed by atoms with van der Waals surface area (Å²) in [5.74, 6) is 1.60. The number of hydrogen-bond donors (Lipinski definition) is 0. The predicted molar refractivity (Wildman–Crippen MR) is 104 cm³/mol. The van der Waals surface area contributed by atoms with Gasteiger partial charge in [0.1, 0.15) is 11.5 Å². The van der Waals surface area contributed by atoms with Crippen LogP contribution in [-0.2, 0) is 0 Å². The van der Waals surface area contributed by atoms with Gasteiger partial charge in [-0.25, -0.2) is 0 Å². The summed E-state index contributed by atoms with van der Waals surface area (Å²) in [6.45, 7) is 3.81. The molecule has 0 spiro atoms. The number of carbonyl (C=O) groups is 1. The molecule has 1 heterocycles. The van der Waals surface area contributed by atoms with Gasteiger partial charge in [-0.2, -0.15) is 0 Å². The SMILES string of the molecule is COc1cc(OC)cc(-c2nnc(SC(C)C(=O)c3ccc(C)cc3)o2)c1. The van der Waals surface area contributed by atoms with E-state index in [4.69, 9.17) is 13.9 Å². The van der Waals surface area contributed by atoms with Crippen LogP contribution in [0.5, 0.6) is 11.5 Å². The quantitative estimate of drug-likeness (QED) is 0.441. The number of nitrogens with zero attached hydrogens (tertiary/aromatic N) is 2. The van der Waals surface area contributed by atoms with Gasteiger partial charge in [-0.15, -0.1) is 10.2 Å². The molecule has 0 fully saturated rings. The molecule has 3 aromatic rings. The third kappa shape index (κ3) is 4.49. The van der Waals surface area contributed by atoms with Crippen molar-refractivity contribution < 1.29 is 18.7 Å². The van der Waals surface area contributed by atoms with E-state index in [9.17, 15) is 4.79 Å². The lowest BCUT2D eigenvalue weighted by Gasteiger charge is -2.07. The fourth-order valence-electron chi connectivity index (χ4n) is 2.46. The number of rotatable bonds is 7. The summed E-state index contributed by atoms with van der Waals surface area (Å²) in [5, 5.41) is 8.11. The number of hydrogen-bond acceptors (Lipinski definition) is 7. The molecule has 0 radical (unpaired) electrons. The van der Waals surface area contributed by atoms with Crippen LogP contribution in [0.1, 0.15) is 22.8 Å². The maximum absolute atomic E-state index is 12.6. The average Bonchev–Trinajstić information content (AvgIpc) is 3.16. The Balaban J connectivity index is 1.76. The second-order valence-electron chi connectivity index (χ2n) is 5.96. The first-order chi connectivity index (χ1) is 13.0. The summed E-state index contributed by atoms with van der Waals surface area (Å²) in [4.78, 5) is 12.6. The van der Waals surface area contributed by atoms with Gasteiger partial charge in [-0.05, 0) is 26.0 Å². The van der Waals surface area contributed by atoms with Crippen LogP contribution in [-0.4, -0.2) is 35.5 Å². The molecule has 0 aliphatic rings. The van der Waals surface area contributed by atoms with Crippen molar-refractivity contribution in [2.45, 2.75) is 24.3 Å². The van der Waals surface area contributed by atoms with E-state index in [1.807, 2.05) is 38.1 Å². The van der Waals surface area contributed by atoms with Gasteiger partial charge >= 0.3 is 0 Å². The smallest absolute Gasteiger partial charge is 0.277 e. The van der Waals surface area contributed by atoms with Crippen LogP contribution in [0.2, 0.25) is 0 Å². The van der Waals surface area contributed by atoms with Gasteiger partial charge in [0.15, 0.2) is 5.78 Å². The lowest BCUT2D eigenvalue weighted by Crippen LogP contribution is -2.13. The molecule has 27 heavy (non-hydrogen) atoms. The van der Waals surface area contributed by atoms with E-state index in [0.717, 1.165) is 5.56 Å². The fraction of sp³-hybridized carbons (Fsp3) is 0.250. The van der Waals surface area contributed by atoms with E-state index in [1.165, 1.54) is 11.8 Å². The summed E-state index contributed by atoms with van der Waals surface area (Å²) in [7, 11) is 3.15. The van der Waals surface area contributed by atoms with Gasteiger partial charge in [-0.3, -0.25) is 4.79 Å². The van der Waals surface area contributed by atoms with Gasteiger partial charge in [0, 0.05) is 17.2 Å². The summed E-state index contributed by atoms with van der Waals surface area (Å²) in [5.41, 5.74) is 2.46. The molecule has 1 aromatic heterocycles. The zero-order chi connectivity index (χ0) is 19.4. The normalized spacial score (nSPS) is 11.9. The summed E-state index contributed by atoms with van der Waals surface area (Å²) < 4.78 is 16.2. The molecule has 7 heteroatoms. The number of ketones is 1. The standard InChI is InChI=1S/C20H20N2O4S/c1-12-5-7-14(8-6-12)18(23)13(2)27-20-22-21-19(26-20)15-9-16(24-3)11-17(10-15)25-4/h5-11,13H,1-4H3. The van der Waals surface area contributed by atoms with Crippen molar-refractivity contribution >= 4 is 17.5 Å². The zero-order valence-corrected chi connectivity index (χ0v) is 16.4. The number of carbonyl (C=O) groups excluding carboxylic acids is 1. The van der Waals surface area contributed by atoms with E-state index < -0.39 is 0 Å². The van der Waals surface area contributed by atoms with E-state index >= 15 is 0 Å². The highest BCUT2D eigenvalue weighted by Crippen LogP contribution is 2.32. The number of Topliss-reactive ketones (excluding diaryl/α,β-unsaturated/α-hetero) is 1. The Morgan fingerprint density at radius 2 is 1.67 bits per heavy atom. The van der Waals surface area contributed by atoms with Gasteiger partial charge in [0.2, 0.25) is 5.89 Å². The van der Waals surface area contributed by atoms with Crippen LogP contribution in [0.25, 0.3) is 11.5 Å². The molecular formula is C20H20N2O4S. The Morgan fingerprint density at radius 3 is 2.26 bits per heavy atom. The number of methoxy groups -OCH3 is 2. The first kappa shape index (κ1) is 19.0. The van der Waals surface area contributed by atoms with E-state index in [0.29, 0.717) is 33.7 Å². The minimum Gasteiger partial charge on any atom is -0.497 e. The van der Waals surface area contributed by atoms with Gasteiger partial charge < -0.3 is 13.9 Å². The highest BCUT2D eigenvalue weighted by Gasteiger charge is 2.20. The minimum absolute atomic E-state index is 0.0165. The molecular weight excluding hydrogens is 364 g/mol. The summed E-state index contributed by atoms with van der Waals surface area (Å²) >= 11 is 1.23. The molecule has 0 N–H and O–H groups in total. The Kier molecular flexibility index (Phi) is 5.81. The van der Waals surface area contributed by atoms with Crippen molar-refractivity contribution in [3.05, 3.63) is 53.6 Å². The van der Waals surface area contributed by atoms with Gasteiger partial charge in [-0.1, -0.05) is 41.6 Å². The maximum atomic E-state index is 12.6.